The average molecular weight is 1890 g/mol. The van der Waals surface area contributed by atoms with Crippen LogP contribution >= 0.6 is 0 Å². The van der Waals surface area contributed by atoms with E-state index in [0.29, 0.717) is 58.8 Å². The number of piperazine rings is 1. The van der Waals surface area contributed by atoms with E-state index < -0.39 is 0 Å². The number of aliphatic hydroxyl groups is 1. The normalized spacial score (nSPS) is 12.4. The molecule has 8 N–H and O–H groups in total. The number of ether oxygens (including phenoxy) is 2. The number of anilines is 11. The van der Waals surface area contributed by atoms with Crippen molar-refractivity contribution in [3.8, 4) is 68.1 Å². The number of aromatic nitrogens is 22. The number of rotatable bonds is 24. The Kier molecular flexibility index (Phi) is 28.6. The van der Waals surface area contributed by atoms with E-state index in [1.807, 2.05) is 263 Å². The van der Waals surface area contributed by atoms with Crippen LogP contribution in [0, 0.1) is 32.1 Å². The maximum Gasteiger partial charge on any atom is 0.251 e. The standard InChI is InChI=1S/C26H29N7O.C23H23N5O2.C22H19N7.C19H14N6O.C16H15N7/c1-19-5-7-20(8-6-19)23-3-2-4-24-30-26(31-33(23)24)29-22-11-9-21(10-12-22)25(34)28-15-18-32-16-13-27-14-17-32;1-29-20-11-5-17(6-12-20)21-3-2-4-22-25-23(26-28(21)22)24-18-7-9-19(10-8-18)27-13-15-30-16-14-27;1-16-12-19(10-11-23-16)25-22-26-21-9-5-8-20(29(21)27-22)18-13-24-28(15-18)14-17-6-3-2-4-7-17;20-11-13-4-6-14(7-5-13)17-2-1-3-18-23-19(24-25(17)18)22-15-8-9-21-16(10-15)12-26;1-11-8-13(6-7-17-11)19-16-20-15-5-3-4-14(23(15)21-16)12-9-18-22(2)10-12/h2-12,27H,13-18H2,1H3,(H,28,34)(H,29,31);2-12H,13-16H2,1H3,(H,24,26);2-13,15H,14H2,1H3,(H,23,25,27);1-10,26H,12H2,(H,21,22,24);3-10H,1-2H3,(H,17,19,21). The third-order valence-electron chi connectivity index (χ3n) is 23.3. The fourth-order valence-electron chi connectivity index (χ4n) is 16.2. The molecule has 15 aromatic heterocycles. The summed E-state index contributed by atoms with van der Waals surface area (Å²) in [5, 5.41) is 72.4. The second-order valence-corrected chi connectivity index (χ2v) is 33.4. The average Bonchev–Trinajstić information content (AvgIpc) is 1.65. The highest BCUT2D eigenvalue weighted by atomic mass is 16.5. The molecule has 0 spiro atoms. The van der Waals surface area contributed by atoms with Gasteiger partial charge in [-0.25, -0.2) is 22.6 Å². The summed E-state index contributed by atoms with van der Waals surface area (Å²) in [5.74, 6) is 3.37. The number of methoxy groups -OCH3 is 1. The first-order valence-electron chi connectivity index (χ1n) is 46.2. The SMILES string of the molecule is COc1ccc(-c2cccc3nc(Nc4ccc(N5CCOCC5)cc4)nn23)cc1.Cc1cc(Nc2nc3cccc(-c4cnn(C)c4)n3n2)ccn1.Cc1cc(Nc2nc3cccc(-c4cnn(Cc5ccccc5)c4)n3n2)ccn1.Cc1ccc(-c2cccc3nc(Nc4ccc(C(=O)NCCN5CCNCC5)cc4)nn23)cc1.N#Cc1ccc(-c2cccc3nc(Nc4ccnc(CO)c4)nn23)cc1. The molecule has 708 valence electrons. The third kappa shape index (κ3) is 23.0. The van der Waals surface area contributed by atoms with Crippen LogP contribution in [0.25, 0.3) is 84.5 Å². The predicted octanol–water partition coefficient (Wildman–Crippen LogP) is 16.6. The second-order valence-electron chi connectivity index (χ2n) is 33.4. The first kappa shape index (κ1) is 92.7. The summed E-state index contributed by atoms with van der Waals surface area (Å²) in [7, 11) is 3.56. The molecule has 2 saturated heterocycles. The Balaban J connectivity index is 0.000000113. The quantitative estimate of drug-likeness (QED) is 0.0278. The zero-order chi connectivity index (χ0) is 97.0. The number of aliphatic hydroxyl groups excluding tert-OH is 1. The van der Waals surface area contributed by atoms with Crippen LogP contribution in [0.1, 0.15) is 44.1 Å². The van der Waals surface area contributed by atoms with E-state index in [1.54, 1.807) is 59.2 Å². The van der Waals surface area contributed by atoms with Gasteiger partial charge < -0.3 is 56.7 Å². The number of nitrogens with zero attached hydrogens (tertiary/aromatic N) is 25. The van der Waals surface area contributed by atoms with Gasteiger partial charge in [-0.15, -0.1) is 25.5 Å². The van der Waals surface area contributed by atoms with Crippen LogP contribution in [0.2, 0.25) is 0 Å². The van der Waals surface area contributed by atoms with Crippen LogP contribution in [-0.2, 0) is 24.9 Å². The van der Waals surface area contributed by atoms with Crippen molar-refractivity contribution >= 4 is 98.0 Å². The molecule has 17 heterocycles. The van der Waals surface area contributed by atoms with Gasteiger partial charge in [0.2, 0.25) is 29.7 Å². The molecule has 36 nitrogen and oxygen atoms in total. The molecule has 0 aliphatic carbocycles. The molecule has 2 aliphatic heterocycles. The zero-order valence-corrected chi connectivity index (χ0v) is 78.4. The van der Waals surface area contributed by atoms with Crippen molar-refractivity contribution in [2.45, 2.75) is 33.9 Å². The van der Waals surface area contributed by atoms with Gasteiger partial charge in [-0.3, -0.25) is 34.0 Å². The van der Waals surface area contributed by atoms with Gasteiger partial charge >= 0.3 is 0 Å². The van der Waals surface area contributed by atoms with Gasteiger partial charge in [0.25, 0.3) is 5.91 Å². The third-order valence-corrected chi connectivity index (χ3v) is 23.3. The summed E-state index contributed by atoms with van der Waals surface area (Å²) in [6.45, 7) is 15.6. The molecule has 23 rings (SSSR count). The molecule has 1 amide bonds. The Morgan fingerprint density at radius 2 is 0.880 bits per heavy atom. The number of carbonyl (C=O) groups excluding carboxylic acids is 1. The van der Waals surface area contributed by atoms with E-state index >= 15 is 0 Å². The van der Waals surface area contributed by atoms with Crippen molar-refractivity contribution < 1.29 is 19.4 Å². The molecule has 0 bridgehead atoms. The summed E-state index contributed by atoms with van der Waals surface area (Å²) < 4.78 is 23.5. The predicted molar refractivity (Wildman–Crippen MR) is 548 cm³/mol. The second kappa shape index (κ2) is 43.8. The van der Waals surface area contributed by atoms with E-state index in [9.17, 15) is 9.90 Å². The van der Waals surface area contributed by atoms with Gasteiger partial charge in [-0.05, 0) is 208 Å². The van der Waals surface area contributed by atoms with Crippen molar-refractivity contribution in [2.75, 3.05) is 104 Å². The first-order valence-corrected chi connectivity index (χ1v) is 46.2. The van der Waals surface area contributed by atoms with Crippen LogP contribution in [-0.4, -0.2) is 196 Å². The zero-order valence-electron chi connectivity index (χ0n) is 78.4. The fraction of sp³-hybridized carbons (Fsp3) is 0.160. The molecule has 2 aliphatic rings. The largest absolute Gasteiger partial charge is 0.497 e. The molecule has 0 saturated carbocycles. The Labute approximate surface area is 816 Å². The lowest BCUT2D eigenvalue weighted by Gasteiger charge is -2.28. The maximum absolute atomic E-state index is 12.5. The van der Waals surface area contributed by atoms with Crippen LogP contribution in [0.3, 0.4) is 0 Å². The molecule has 0 atom stereocenters. The van der Waals surface area contributed by atoms with Crippen LogP contribution < -0.4 is 46.9 Å². The number of carbonyl (C=O) groups is 1. The lowest BCUT2D eigenvalue weighted by Crippen LogP contribution is -2.46. The van der Waals surface area contributed by atoms with E-state index in [0.717, 1.165) is 190 Å². The van der Waals surface area contributed by atoms with E-state index in [1.165, 1.54) is 16.8 Å². The summed E-state index contributed by atoms with van der Waals surface area (Å²) in [6, 6.07) is 92.4. The van der Waals surface area contributed by atoms with Gasteiger partial charge in [-0.1, -0.05) is 103 Å². The molecule has 6 aromatic carbocycles. The maximum atomic E-state index is 12.5. The van der Waals surface area contributed by atoms with E-state index in [2.05, 4.69) is 196 Å². The number of hydrogen-bond acceptors (Lipinski definition) is 28. The lowest BCUT2D eigenvalue weighted by atomic mass is 10.1. The number of morpholine rings is 1. The van der Waals surface area contributed by atoms with Gasteiger partial charge in [0.15, 0.2) is 28.2 Å². The topological polar surface area (TPSA) is 395 Å². The summed E-state index contributed by atoms with van der Waals surface area (Å²) >= 11 is 0. The molecule has 21 aromatic rings. The Morgan fingerprint density at radius 3 is 1.33 bits per heavy atom. The number of fused-ring (bicyclic) bond motifs is 5. The Bertz CT molecular complexity index is 7920. The number of nitrogens with one attached hydrogen (secondary N) is 7. The number of benzene rings is 6. The van der Waals surface area contributed by atoms with Gasteiger partial charge in [0, 0.05) is 169 Å². The van der Waals surface area contributed by atoms with Crippen LogP contribution in [0.5, 0.6) is 5.75 Å². The van der Waals surface area contributed by atoms with Crippen molar-refractivity contribution in [1.82, 2.24) is 123 Å². The minimum absolute atomic E-state index is 0.0599. The number of pyridine rings is 8. The summed E-state index contributed by atoms with van der Waals surface area (Å²) in [5.41, 5.74) is 25.2. The Hall–Kier alpha value is -18.3. The molecule has 0 unspecified atom stereocenters. The monoisotopic (exact) mass is 1880 g/mol. The van der Waals surface area contributed by atoms with Crippen LogP contribution in [0.15, 0.2) is 322 Å². The number of hydrogen-bond donors (Lipinski definition) is 8. The van der Waals surface area contributed by atoms with Crippen molar-refractivity contribution in [3.05, 3.63) is 362 Å². The van der Waals surface area contributed by atoms with E-state index in [4.69, 9.17) is 14.7 Å². The number of nitriles is 1. The smallest absolute Gasteiger partial charge is 0.251 e. The summed E-state index contributed by atoms with van der Waals surface area (Å²) in [4.78, 5) is 52.5. The van der Waals surface area contributed by atoms with Gasteiger partial charge in [0.1, 0.15) is 5.75 Å². The number of aryl methyl sites for hydroxylation is 4. The van der Waals surface area contributed by atoms with Gasteiger partial charge in [0.05, 0.1) is 91.7 Å². The molecule has 36 heteroatoms. The molecular formula is C106H100N32O4. The first-order chi connectivity index (χ1) is 69.6. The van der Waals surface area contributed by atoms with Crippen molar-refractivity contribution in [3.63, 3.8) is 0 Å². The molecule has 142 heavy (non-hydrogen) atoms. The fourth-order valence-corrected chi connectivity index (χ4v) is 16.2. The Morgan fingerprint density at radius 1 is 0.451 bits per heavy atom. The minimum atomic E-state index is -0.128. The molecule has 2 fully saturated rings. The van der Waals surface area contributed by atoms with Crippen LogP contribution in [0.4, 0.5) is 63.9 Å². The molecular weight excluding hydrogens is 1790 g/mol. The highest BCUT2D eigenvalue weighted by Gasteiger charge is 2.20. The lowest BCUT2D eigenvalue weighted by molar-refractivity contribution is 0.0947. The van der Waals surface area contributed by atoms with Crippen molar-refractivity contribution in [2.24, 2.45) is 7.05 Å². The highest BCUT2D eigenvalue weighted by Crippen LogP contribution is 2.32. The molecule has 0 radical (unpaired) electrons. The van der Waals surface area contributed by atoms with Crippen molar-refractivity contribution in [1.29, 1.82) is 5.26 Å². The van der Waals surface area contributed by atoms with E-state index in [-0.39, 0.29) is 12.5 Å². The highest BCUT2D eigenvalue weighted by molar-refractivity contribution is 5.94. The van der Waals surface area contributed by atoms with Gasteiger partial charge in [-0.2, -0.15) is 40.4 Å². The minimum Gasteiger partial charge on any atom is -0.497 e. The summed E-state index contributed by atoms with van der Waals surface area (Å²) in [6.07, 6.45) is 12.8. The number of amides is 1.